The summed E-state index contributed by atoms with van der Waals surface area (Å²) in [5, 5.41) is 0. The van der Waals surface area contributed by atoms with Crippen molar-refractivity contribution in [2.45, 2.75) is 98.9 Å². The third-order valence-electron chi connectivity index (χ3n) is 12.5. The van der Waals surface area contributed by atoms with E-state index in [9.17, 15) is 0 Å². The van der Waals surface area contributed by atoms with Crippen LogP contribution in [0.2, 0.25) is 13.1 Å². The van der Waals surface area contributed by atoms with Crippen LogP contribution in [-0.4, -0.2) is 5.92 Å². The van der Waals surface area contributed by atoms with Crippen molar-refractivity contribution in [3.8, 4) is 22.3 Å². The average molecular weight is 784 g/mol. The first kappa shape index (κ1) is 35.4. The SMILES string of the molecule is CCC1=Cc2c(-c3ccc(C(C)C)cc3)cccc2[CH]1[Zr]([Cl])([Cl])([CH]1C(C2CCCC2)=Cc2c(-c3ccc(C(C)C)cc3)cccc21)[SiH](C)C. The molecule has 0 spiro atoms. The van der Waals surface area contributed by atoms with Crippen molar-refractivity contribution in [2.75, 3.05) is 0 Å². The van der Waals surface area contributed by atoms with Crippen molar-refractivity contribution in [2.24, 2.45) is 5.92 Å². The van der Waals surface area contributed by atoms with Crippen LogP contribution in [0.15, 0.2) is 96.1 Å². The van der Waals surface area contributed by atoms with Crippen LogP contribution in [-0.2, 0) is 15.6 Å². The minimum atomic E-state index is -4.85. The van der Waals surface area contributed by atoms with Gasteiger partial charge in [0.15, 0.2) is 0 Å². The molecule has 0 radical (unpaired) electrons. The molecule has 0 heterocycles. The molecule has 3 aliphatic carbocycles. The zero-order valence-corrected chi connectivity index (χ0v) is 35.6. The van der Waals surface area contributed by atoms with Crippen LogP contribution in [0.1, 0.15) is 119 Å². The molecule has 0 nitrogen and oxygen atoms in total. The Bertz CT molecular complexity index is 1920. The van der Waals surface area contributed by atoms with E-state index in [0.29, 0.717) is 17.8 Å². The molecule has 7 rings (SSSR count). The minimum absolute atomic E-state index is 0.126. The van der Waals surface area contributed by atoms with E-state index in [0.717, 1.165) is 6.42 Å². The van der Waals surface area contributed by atoms with E-state index in [2.05, 4.69) is 145 Å². The topological polar surface area (TPSA) is 0 Å². The van der Waals surface area contributed by atoms with Crippen molar-refractivity contribution in [1.82, 2.24) is 0 Å². The third-order valence-corrected chi connectivity index (χ3v) is 64.2. The maximum absolute atomic E-state index is 8.81. The predicted molar refractivity (Wildman–Crippen MR) is 216 cm³/mol. The maximum atomic E-state index is 8.81. The Labute approximate surface area is 304 Å². The average Bonchev–Trinajstić information content (AvgIpc) is 3.86. The predicted octanol–water partition coefficient (Wildman–Crippen LogP) is 14.4. The van der Waals surface area contributed by atoms with Gasteiger partial charge in [-0.15, -0.1) is 0 Å². The summed E-state index contributed by atoms with van der Waals surface area (Å²) in [7, 11) is 17.6. The van der Waals surface area contributed by atoms with Crippen molar-refractivity contribution in [3.63, 3.8) is 0 Å². The molecule has 2 atom stereocenters. The summed E-state index contributed by atoms with van der Waals surface area (Å²) in [5.41, 5.74) is 16.5. The van der Waals surface area contributed by atoms with Gasteiger partial charge >= 0.3 is 307 Å². The van der Waals surface area contributed by atoms with Gasteiger partial charge in [0, 0.05) is 0 Å². The van der Waals surface area contributed by atoms with E-state index >= 15 is 0 Å². The molecular weight excluding hydrogens is 731 g/mol. The second-order valence-corrected chi connectivity index (χ2v) is 58.6. The molecular formula is C45H53Cl2SiZr. The van der Waals surface area contributed by atoms with E-state index in [-0.39, 0.29) is 7.25 Å². The number of hydrogen-bond acceptors (Lipinski definition) is 0. The second kappa shape index (κ2) is 13.5. The van der Waals surface area contributed by atoms with E-state index in [1.54, 1.807) is 5.57 Å². The Balaban J connectivity index is 1.42. The number of benzene rings is 4. The molecule has 4 aromatic carbocycles. The molecule has 3 aliphatic rings. The Kier molecular flexibility index (Phi) is 9.80. The van der Waals surface area contributed by atoms with Gasteiger partial charge in [-0.25, -0.2) is 0 Å². The van der Waals surface area contributed by atoms with Gasteiger partial charge < -0.3 is 0 Å². The molecule has 0 bridgehead atoms. The van der Waals surface area contributed by atoms with Gasteiger partial charge in [-0.05, 0) is 0 Å². The molecule has 1 saturated carbocycles. The van der Waals surface area contributed by atoms with Crippen LogP contribution >= 0.6 is 17.0 Å². The zero-order valence-electron chi connectivity index (χ0n) is 30.5. The van der Waals surface area contributed by atoms with E-state index in [4.69, 9.17) is 17.0 Å². The van der Waals surface area contributed by atoms with Gasteiger partial charge in [-0.2, -0.15) is 0 Å². The first-order valence-electron chi connectivity index (χ1n) is 18.9. The van der Waals surface area contributed by atoms with Gasteiger partial charge in [0.2, 0.25) is 0 Å². The first-order chi connectivity index (χ1) is 23.4. The second-order valence-electron chi connectivity index (χ2n) is 16.1. The molecule has 0 saturated heterocycles. The van der Waals surface area contributed by atoms with Crippen molar-refractivity contribution < 1.29 is 15.6 Å². The molecule has 4 heteroatoms. The summed E-state index contributed by atoms with van der Waals surface area (Å²) < 4.78 is 0.269. The molecule has 2 unspecified atom stereocenters. The fourth-order valence-electron chi connectivity index (χ4n) is 9.51. The van der Waals surface area contributed by atoms with Gasteiger partial charge in [0.05, 0.1) is 0 Å². The number of halogens is 2. The van der Waals surface area contributed by atoms with Gasteiger partial charge in [0.1, 0.15) is 0 Å². The summed E-state index contributed by atoms with van der Waals surface area (Å²) in [6.07, 6.45) is 11.2. The van der Waals surface area contributed by atoms with Crippen LogP contribution in [0, 0.1) is 5.92 Å². The normalized spacial score (nSPS) is 20.0. The molecule has 1 fully saturated rings. The fourth-order valence-corrected chi connectivity index (χ4v) is 40.9. The molecule has 0 aliphatic heterocycles. The molecule has 0 aromatic heterocycles. The van der Waals surface area contributed by atoms with Gasteiger partial charge in [-0.1, -0.05) is 0 Å². The van der Waals surface area contributed by atoms with E-state index in [1.807, 2.05) is 0 Å². The monoisotopic (exact) mass is 781 g/mol. The summed E-state index contributed by atoms with van der Waals surface area (Å²) in [5.74, 6) is -0.0371. The zero-order chi connectivity index (χ0) is 34.7. The summed E-state index contributed by atoms with van der Waals surface area (Å²) in [6.45, 7) is 16.4. The molecule has 49 heavy (non-hydrogen) atoms. The molecule has 4 aromatic rings. The molecule has 255 valence electrons. The quantitative estimate of drug-likeness (QED) is 0.148. The first-order valence-corrected chi connectivity index (χ1v) is 35.2. The van der Waals surface area contributed by atoms with Crippen molar-refractivity contribution in [1.29, 1.82) is 0 Å². The Morgan fingerprint density at radius 2 is 1.12 bits per heavy atom. The van der Waals surface area contributed by atoms with Crippen LogP contribution in [0.3, 0.4) is 0 Å². The molecule has 0 N–H and O–H groups in total. The Morgan fingerprint density at radius 3 is 1.57 bits per heavy atom. The van der Waals surface area contributed by atoms with Crippen molar-refractivity contribution >= 4 is 35.1 Å². The van der Waals surface area contributed by atoms with Crippen molar-refractivity contribution in [3.05, 3.63) is 129 Å². The summed E-state index contributed by atoms with van der Waals surface area (Å²) in [4.78, 5) is 0. The number of hydrogen-bond donors (Lipinski definition) is 0. The third kappa shape index (κ3) is 5.90. The summed E-state index contributed by atoms with van der Waals surface area (Å²) >= 11 is -4.85. The molecule has 0 amide bonds. The standard InChI is InChI=1S/C23H25.C20H21.C2H7Si.2ClH.Zr/c1-16(2)17-10-12-19(13-11-17)22-9-5-8-20-14-21(15-23(20)22)18-6-3-4-7-18;1-4-15-12-18-6-5-7-19(20(18)13-15)17-10-8-16(9-11-17)14(2)3;1-3-2;;;/h5,8-16,18H,3-4,6-7H2,1-2H3;5-14H,4H2,1-3H3;3H,1-2H3;2*1H;/q;;;;;+2/p-2. The fraction of sp³-hybridized carbons (Fsp3) is 0.378. The van der Waals surface area contributed by atoms with Crippen LogP contribution in [0.5, 0.6) is 0 Å². The summed E-state index contributed by atoms with van der Waals surface area (Å²) in [6, 6.07) is 32.5. The van der Waals surface area contributed by atoms with Crippen LogP contribution in [0.25, 0.3) is 34.4 Å². The van der Waals surface area contributed by atoms with E-state index in [1.165, 1.54) is 86.9 Å². The van der Waals surface area contributed by atoms with Gasteiger partial charge in [-0.3, -0.25) is 0 Å². The Morgan fingerprint density at radius 1 is 0.653 bits per heavy atom. The Hall–Kier alpha value is -1.96. The van der Waals surface area contributed by atoms with Crippen LogP contribution < -0.4 is 0 Å². The van der Waals surface area contributed by atoms with Gasteiger partial charge in [0.25, 0.3) is 0 Å². The van der Waals surface area contributed by atoms with Crippen LogP contribution in [0.4, 0.5) is 0 Å². The number of fused-ring (bicyclic) bond motifs is 2. The number of allylic oxidation sites excluding steroid dienone is 2. The number of rotatable bonds is 9. The van der Waals surface area contributed by atoms with E-state index < -0.39 is 21.5 Å².